The smallest absolute Gasteiger partial charge is 0.251 e. The predicted molar refractivity (Wildman–Crippen MR) is 117 cm³/mol. The Morgan fingerprint density at radius 3 is 2.34 bits per heavy atom. The van der Waals surface area contributed by atoms with Crippen LogP contribution in [0.5, 0.6) is 11.5 Å². The molecule has 3 rings (SSSR count). The van der Waals surface area contributed by atoms with E-state index in [9.17, 15) is 4.79 Å². The summed E-state index contributed by atoms with van der Waals surface area (Å²) in [6, 6.07) is 13.9. The summed E-state index contributed by atoms with van der Waals surface area (Å²) < 4.78 is 11.7. The molecule has 0 saturated heterocycles. The Morgan fingerprint density at radius 1 is 0.966 bits per heavy atom. The number of benzene rings is 2. The van der Waals surface area contributed by atoms with Crippen molar-refractivity contribution in [1.82, 2.24) is 5.32 Å². The molecule has 0 unspecified atom stereocenters. The second-order valence-corrected chi connectivity index (χ2v) is 7.87. The van der Waals surface area contributed by atoms with Crippen LogP contribution in [0.1, 0.15) is 73.4 Å². The van der Waals surface area contributed by atoms with Gasteiger partial charge in [-0.25, -0.2) is 0 Å². The van der Waals surface area contributed by atoms with Gasteiger partial charge in [-0.1, -0.05) is 49.8 Å². The highest BCUT2D eigenvalue weighted by molar-refractivity contribution is 5.94. The van der Waals surface area contributed by atoms with E-state index < -0.39 is 0 Å². The number of nitrogens with one attached hydrogen (secondary N) is 1. The number of carbonyl (C=O) groups excluding carboxylic acids is 1. The number of carbonyl (C=O) groups is 1. The highest BCUT2D eigenvalue weighted by Gasteiger charge is 2.17. The van der Waals surface area contributed by atoms with Crippen LogP contribution in [0.4, 0.5) is 0 Å². The van der Waals surface area contributed by atoms with Crippen molar-refractivity contribution in [2.75, 3.05) is 6.61 Å². The lowest BCUT2D eigenvalue weighted by atomic mass is 9.96. The number of ether oxygens (including phenoxy) is 2. The van der Waals surface area contributed by atoms with E-state index in [2.05, 4.69) is 12.2 Å². The summed E-state index contributed by atoms with van der Waals surface area (Å²) in [5.74, 6) is 1.57. The van der Waals surface area contributed by atoms with Gasteiger partial charge in [0.1, 0.15) is 18.1 Å². The van der Waals surface area contributed by atoms with Gasteiger partial charge in [-0.05, 0) is 57.0 Å². The van der Waals surface area contributed by atoms with Gasteiger partial charge in [0.05, 0.1) is 6.61 Å². The number of aryl methyl sites for hydroxylation is 1. The van der Waals surface area contributed by atoms with Crippen molar-refractivity contribution in [1.29, 1.82) is 0 Å². The van der Waals surface area contributed by atoms with E-state index in [1.807, 2.05) is 49.4 Å². The quantitative estimate of drug-likeness (QED) is 0.643. The maximum absolute atomic E-state index is 12.9. The molecule has 0 heterocycles. The van der Waals surface area contributed by atoms with E-state index in [0.29, 0.717) is 18.8 Å². The van der Waals surface area contributed by atoms with Gasteiger partial charge in [0.15, 0.2) is 0 Å². The molecule has 4 heteroatoms. The Balaban J connectivity index is 1.68. The summed E-state index contributed by atoms with van der Waals surface area (Å²) in [4.78, 5) is 12.9. The fourth-order valence-electron chi connectivity index (χ4n) is 3.79. The van der Waals surface area contributed by atoms with E-state index in [-0.39, 0.29) is 11.9 Å². The van der Waals surface area contributed by atoms with Crippen molar-refractivity contribution in [3.05, 3.63) is 59.2 Å². The number of rotatable bonds is 7. The summed E-state index contributed by atoms with van der Waals surface area (Å²) >= 11 is 0. The molecule has 0 spiro atoms. The molecular weight excluding hydrogens is 362 g/mol. The van der Waals surface area contributed by atoms with Crippen LogP contribution in [-0.4, -0.2) is 18.6 Å². The number of amides is 1. The summed E-state index contributed by atoms with van der Waals surface area (Å²) in [6.45, 7) is 4.95. The maximum atomic E-state index is 12.9. The van der Waals surface area contributed by atoms with Crippen LogP contribution in [0.2, 0.25) is 0 Å². The van der Waals surface area contributed by atoms with Gasteiger partial charge < -0.3 is 14.8 Å². The van der Waals surface area contributed by atoms with E-state index in [1.54, 1.807) is 0 Å². The second kappa shape index (κ2) is 10.9. The van der Waals surface area contributed by atoms with Gasteiger partial charge in [0, 0.05) is 17.2 Å². The lowest BCUT2D eigenvalue weighted by molar-refractivity contribution is 0.0930. The van der Waals surface area contributed by atoms with Crippen molar-refractivity contribution in [3.8, 4) is 11.5 Å². The van der Waals surface area contributed by atoms with Crippen LogP contribution in [0, 0.1) is 6.92 Å². The zero-order chi connectivity index (χ0) is 20.5. The summed E-state index contributed by atoms with van der Waals surface area (Å²) in [5, 5.41) is 3.24. The standard InChI is InChI=1S/C25H33NO3/c1-3-28-24-16-13-20(25(27)26-22-9-7-5-4-6-8-10-22)17-21(24)18-29-23-14-11-19(2)12-15-23/h11-17,22H,3-10,18H2,1-2H3,(H,26,27). The zero-order valence-electron chi connectivity index (χ0n) is 17.7. The lowest BCUT2D eigenvalue weighted by Crippen LogP contribution is -2.35. The summed E-state index contributed by atoms with van der Waals surface area (Å²) in [6.07, 6.45) is 8.42. The van der Waals surface area contributed by atoms with Crippen molar-refractivity contribution in [2.24, 2.45) is 0 Å². The van der Waals surface area contributed by atoms with Crippen LogP contribution < -0.4 is 14.8 Å². The maximum Gasteiger partial charge on any atom is 0.251 e. The topological polar surface area (TPSA) is 47.6 Å². The van der Waals surface area contributed by atoms with Crippen LogP contribution in [0.25, 0.3) is 0 Å². The minimum atomic E-state index is -0.00444. The first-order valence-electron chi connectivity index (χ1n) is 10.9. The van der Waals surface area contributed by atoms with Crippen LogP contribution in [0.15, 0.2) is 42.5 Å². The third-order valence-corrected chi connectivity index (χ3v) is 5.48. The molecule has 0 bridgehead atoms. The third kappa shape index (κ3) is 6.52. The fraction of sp³-hybridized carbons (Fsp3) is 0.480. The van der Waals surface area contributed by atoms with Crippen LogP contribution >= 0.6 is 0 Å². The van der Waals surface area contributed by atoms with Gasteiger partial charge >= 0.3 is 0 Å². The molecule has 1 N–H and O–H groups in total. The predicted octanol–water partition coefficient (Wildman–Crippen LogP) is 5.82. The molecule has 1 fully saturated rings. The largest absolute Gasteiger partial charge is 0.493 e. The van der Waals surface area contributed by atoms with Gasteiger partial charge in [-0.3, -0.25) is 4.79 Å². The van der Waals surface area contributed by atoms with Crippen molar-refractivity contribution < 1.29 is 14.3 Å². The molecule has 2 aromatic carbocycles. The first-order chi connectivity index (χ1) is 14.2. The molecule has 156 valence electrons. The average molecular weight is 396 g/mol. The molecule has 0 radical (unpaired) electrons. The highest BCUT2D eigenvalue weighted by Crippen LogP contribution is 2.24. The van der Waals surface area contributed by atoms with Crippen molar-refractivity contribution >= 4 is 5.91 Å². The highest BCUT2D eigenvalue weighted by atomic mass is 16.5. The Hall–Kier alpha value is -2.49. The molecule has 0 aliphatic heterocycles. The van der Waals surface area contributed by atoms with E-state index >= 15 is 0 Å². The van der Waals surface area contributed by atoms with Crippen molar-refractivity contribution in [3.63, 3.8) is 0 Å². The van der Waals surface area contributed by atoms with Crippen molar-refractivity contribution in [2.45, 2.75) is 71.4 Å². The molecule has 29 heavy (non-hydrogen) atoms. The molecular formula is C25H33NO3. The normalized spacial score (nSPS) is 15.2. The average Bonchev–Trinajstić information content (AvgIpc) is 2.70. The molecule has 1 saturated carbocycles. The summed E-state index contributed by atoms with van der Waals surface area (Å²) in [5.41, 5.74) is 2.75. The Labute approximate surface area is 174 Å². The number of hydrogen-bond acceptors (Lipinski definition) is 3. The Bertz CT molecular complexity index is 777. The van der Waals surface area contributed by atoms with E-state index in [4.69, 9.17) is 9.47 Å². The molecule has 0 atom stereocenters. The molecule has 1 aliphatic carbocycles. The molecule has 4 nitrogen and oxygen atoms in total. The monoisotopic (exact) mass is 395 g/mol. The van der Waals surface area contributed by atoms with Gasteiger partial charge in [-0.15, -0.1) is 0 Å². The fourth-order valence-corrected chi connectivity index (χ4v) is 3.79. The third-order valence-electron chi connectivity index (χ3n) is 5.48. The molecule has 0 aromatic heterocycles. The molecule has 2 aromatic rings. The zero-order valence-corrected chi connectivity index (χ0v) is 17.7. The van der Waals surface area contributed by atoms with Gasteiger partial charge in [0.2, 0.25) is 0 Å². The lowest BCUT2D eigenvalue weighted by Gasteiger charge is -2.21. The van der Waals surface area contributed by atoms with Crippen LogP contribution in [-0.2, 0) is 6.61 Å². The SMILES string of the molecule is CCOc1ccc(C(=O)NC2CCCCCCC2)cc1COc1ccc(C)cc1. The first kappa shape index (κ1) is 21.2. The summed E-state index contributed by atoms with van der Waals surface area (Å²) in [7, 11) is 0. The first-order valence-corrected chi connectivity index (χ1v) is 10.9. The number of hydrogen-bond donors (Lipinski definition) is 1. The Morgan fingerprint density at radius 2 is 1.66 bits per heavy atom. The van der Waals surface area contributed by atoms with Gasteiger partial charge in [-0.2, -0.15) is 0 Å². The molecule has 1 aliphatic rings. The minimum absolute atomic E-state index is 0.00444. The second-order valence-electron chi connectivity index (χ2n) is 7.87. The van der Waals surface area contributed by atoms with Crippen LogP contribution in [0.3, 0.4) is 0 Å². The van der Waals surface area contributed by atoms with Gasteiger partial charge in [0.25, 0.3) is 5.91 Å². The van der Waals surface area contributed by atoms with E-state index in [0.717, 1.165) is 29.9 Å². The Kier molecular flexibility index (Phi) is 7.97. The van der Waals surface area contributed by atoms with E-state index in [1.165, 1.54) is 37.7 Å². The minimum Gasteiger partial charge on any atom is -0.493 e. The molecule has 1 amide bonds.